The van der Waals surface area contributed by atoms with Gasteiger partial charge in [0.25, 0.3) is 0 Å². The monoisotopic (exact) mass is 443 g/mol. The lowest BCUT2D eigenvalue weighted by molar-refractivity contribution is -0.145. The molecule has 2 N–H and O–H groups in total. The molecule has 0 spiro atoms. The van der Waals surface area contributed by atoms with Gasteiger partial charge in [0.05, 0.1) is 19.3 Å². The Labute approximate surface area is 187 Å². The van der Waals surface area contributed by atoms with Crippen LogP contribution in [0.2, 0.25) is 0 Å². The van der Waals surface area contributed by atoms with Crippen molar-refractivity contribution in [3.8, 4) is 16.9 Å². The molecule has 1 aliphatic carbocycles. The average Bonchev–Trinajstić information content (AvgIpc) is 3.62. The fourth-order valence-corrected chi connectivity index (χ4v) is 3.93. The van der Waals surface area contributed by atoms with Crippen LogP contribution in [0.15, 0.2) is 36.4 Å². The minimum atomic E-state index is -1.08. The number of halogens is 1. The minimum absolute atomic E-state index is 0.229. The topological polar surface area (TPSA) is 77.0 Å². The van der Waals surface area contributed by atoms with Crippen molar-refractivity contribution in [1.82, 2.24) is 0 Å². The first-order valence-corrected chi connectivity index (χ1v) is 11.3. The van der Waals surface area contributed by atoms with Crippen molar-refractivity contribution >= 4 is 11.7 Å². The highest BCUT2D eigenvalue weighted by atomic mass is 19.1. The van der Waals surface area contributed by atoms with Crippen molar-refractivity contribution in [2.24, 2.45) is 0 Å². The first-order valence-electron chi connectivity index (χ1n) is 11.3. The summed E-state index contributed by atoms with van der Waals surface area (Å²) in [6.07, 6.45) is 3.85. The van der Waals surface area contributed by atoms with Gasteiger partial charge in [-0.3, -0.25) is 0 Å². The number of nitrogens with one attached hydrogen (secondary N) is 1. The van der Waals surface area contributed by atoms with Crippen LogP contribution in [-0.2, 0) is 20.9 Å². The molecule has 7 heteroatoms. The Morgan fingerprint density at radius 2 is 2.00 bits per heavy atom. The Hall–Kier alpha value is -2.64. The smallest absolute Gasteiger partial charge is 0.329 e. The zero-order valence-electron chi connectivity index (χ0n) is 18.4. The van der Waals surface area contributed by atoms with Gasteiger partial charge < -0.3 is 24.6 Å². The Morgan fingerprint density at radius 1 is 1.22 bits per heavy atom. The number of anilines is 1. The number of aliphatic carboxylic acids is 1. The molecule has 4 rings (SSSR count). The summed E-state index contributed by atoms with van der Waals surface area (Å²) >= 11 is 0. The van der Waals surface area contributed by atoms with Gasteiger partial charge in [0.15, 0.2) is 11.6 Å². The van der Waals surface area contributed by atoms with Crippen LogP contribution < -0.4 is 10.1 Å². The normalized spacial score (nSPS) is 17.7. The van der Waals surface area contributed by atoms with Crippen molar-refractivity contribution < 1.29 is 28.5 Å². The van der Waals surface area contributed by atoms with Crippen LogP contribution in [0.1, 0.15) is 44.6 Å². The average molecular weight is 444 g/mol. The van der Waals surface area contributed by atoms with Crippen molar-refractivity contribution in [3.63, 3.8) is 0 Å². The third-order valence-electron chi connectivity index (χ3n) is 5.96. The summed E-state index contributed by atoms with van der Waals surface area (Å²) in [5.74, 6) is -1.07. The lowest BCUT2D eigenvalue weighted by Crippen LogP contribution is -2.50. The van der Waals surface area contributed by atoms with E-state index in [1.54, 1.807) is 24.3 Å². The van der Waals surface area contributed by atoms with E-state index in [2.05, 4.69) is 5.32 Å². The predicted octanol–water partition coefficient (Wildman–Crippen LogP) is 5.01. The third-order valence-corrected chi connectivity index (χ3v) is 5.96. The van der Waals surface area contributed by atoms with Crippen molar-refractivity contribution in [2.45, 2.75) is 57.3 Å². The second-order valence-corrected chi connectivity index (χ2v) is 8.47. The number of carbonyl (C=O) groups is 1. The SMILES string of the molecule is CCCOc1cccc(-c2ccc(NC3(C(=O)O)CCOCC3)cc2COC2CC2)c1F. The summed E-state index contributed by atoms with van der Waals surface area (Å²) in [7, 11) is 0. The van der Waals surface area contributed by atoms with Crippen LogP contribution >= 0.6 is 0 Å². The molecule has 172 valence electrons. The quantitative estimate of drug-likeness (QED) is 0.538. The third kappa shape index (κ3) is 5.05. The Morgan fingerprint density at radius 3 is 2.69 bits per heavy atom. The van der Waals surface area contributed by atoms with Gasteiger partial charge in [-0.1, -0.05) is 25.1 Å². The summed E-state index contributed by atoms with van der Waals surface area (Å²) in [5, 5.41) is 13.1. The van der Waals surface area contributed by atoms with Gasteiger partial charge in [-0.2, -0.15) is 0 Å². The lowest BCUT2D eigenvalue weighted by Gasteiger charge is -2.35. The van der Waals surface area contributed by atoms with Crippen LogP contribution in [0.5, 0.6) is 5.75 Å². The van der Waals surface area contributed by atoms with E-state index in [0.29, 0.717) is 56.1 Å². The molecule has 0 aromatic heterocycles. The number of benzene rings is 2. The molecule has 2 aromatic rings. The standard InChI is InChI=1S/C25H30FNO5/c1-2-12-31-22-5-3-4-21(23(22)26)20-9-6-18(15-17(20)16-32-19-7-8-19)27-25(24(28)29)10-13-30-14-11-25/h3-6,9,15,19,27H,2,7-8,10-14,16H2,1H3,(H,28,29). The van der Waals surface area contributed by atoms with E-state index in [0.717, 1.165) is 24.8 Å². The maximum atomic E-state index is 15.2. The number of ether oxygens (including phenoxy) is 3. The molecule has 0 unspecified atom stereocenters. The second-order valence-electron chi connectivity index (χ2n) is 8.47. The Kier molecular flexibility index (Phi) is 6.96. The molecule has 2 fully saturated rings. The maximum Gasteiger partial charge on any atom is 0.329 e. The summed E-state index contributed by atoms with van der Waals surface area (Å²) in [4.78, 5) is 12.0. The molecular formula is C25H30FNO5. The Balaban J connectivity index is 1.66. The van der Waals surface area contributed by atoms with Gasteiger partial charge in [0.2, 0.25) is 0 Å². The first kappa shape index (κ1) is 22.6. The molecule has 0 radical (unpaired) electrons. The van der Waals surface area contributed by atoms with E-state index in [1.807, 2.05) is 19.1 Å². The number of hydrogen-bond acceptors (Lipinski definition) is 5. The molecule has 1 saturated heterocycles. The number of carboxylic acids is 1. The summed E-state index contributed by atoms with van der Waals surface area (Å²) in [6, 6.07) is 10.6. The van der Waals surface area contributed by atoms with E-state index >= 15 is 4.39 Å². The zero-order chi connectivity index (χ0) is 22.6. The van der Waals surface area contributed by atoms with E-state index in [-0.39, 0.29) is 11.9 Å². The largest absolute Gasteiger partial charge is 0.491 e. The van der Waals surface area contributed by atoms with Crippen LogP contribution in [0.25, 0.3) is 11.1 Å². The van der Waals surface area contributed by atoms with Gasteiger partial charge in [-0.25, -0.2) is 9.18 Å². The fourth-order valence-electron chi connectivity index (χ4n) is 3.93. The van der Waals surface area contributed by atoms with Crippen LogP contribution in [0, 0.1) is 5.82 Å². The van der Waals surface area contributed by atoms with Gasteiger partial charge in [0.1, 0.15) is 5.54 Å². The molecular weight excluding hydrogens is 413 g/mol. The van der Waals surface area contributed by atoms with Crippen molar-refractivity contribution in [2.75, 3.05) is 25.1 Å². The maximum absolute atomic E-state index is 15.2. The summed E-state index contributed by atoms with van der Waals surface area (Å²) < 4.78 is 32.1. The molecule has 6 nitrogen and oxygen atoms in total. The summed E-state index contributed by atoms with van der Waals surface area (Å²) in [5.41, 5.74) is 1.56. The summed E-state index contributed by atoms with van der Waals surface area (Å²) in [6.45, 7) is 3.54. The molecule has 32 heavy (non-hydrogen) atoms. The minimum Gasteiger partial charge on any atom is -0.491 e. The van der Waals surface area contributed by atoms with E-state index < -0.39 is 17.3 Å². The van der Waals surface area contributed by atoms with E-state index in [1.165, 1.54) is 0 Å². The highest BCUT2D eigenvalue weighted by molar-refractivity contribution is 5.83. The molecule has 0 atom stereocenters. The predicted molar refractivity (Wildman–Crippen MR) is 119 cm³/mol. The number of rotatable bonds is 10. The van der Waals surface area contributed by atoms with E-state index in [4.69, 9.17) is 14.2 Å². The lowest BCUT2D eigenvalue weighted by atomic mass is 9.89. The van der Waals surface area contributed by atoms with E-state index in [9.17, 15) is 9.90 Å². The van der Waals surface area contributed by atoms with Crippen LogP contribution in [-0.4, -0.2) is 42.5 Å². The van der Waals surface area contributed by atoms with Gasteiger partial charge in [-0.15, -0.1) is 0 Å². The molecule has 1 heterocycles. The fraction of sp³-hybridized carbons (Fsp3) is 0.480. The number of carboxylic acid groups (broad SMARTS) is 1. The molecule has 2 aromatic carbocycles. The van der Waals surface area contributed by atoms with Gasteiger partial charge in [-0.05, 0) is 48.6 Å². The Bertz CT molecular complexity index is 953. The second kappa shape index (κ2) is 9.88. The highest BCUT2D eigenvalue weighted by Crippen LogP contribution is 2.36. The zero-order valence-corrected chi connectivity index (χ0v) is 18.4. The van der Waals surface area contributed by atoms with Gasteiger partial charge >= 0.3 is 5.97 Å². The molecule has 1 aliphatic heterocycles. The van der Waals surface area contributed by atoms with Gasteiger partial charge in [0, 0.05) is 37.3 Å². The molecule has 1 saturated carbocycles. The highest BCUT2D eigenvalue weighted by Gasteiger charge is 2.40. The molecule has 0 amide bonds. The van der Waals surface area contributed by atoms with Crippen molar-refractivity contribution in [1.29, 1.82) is 0 Å². The van der Waals surface area contributed by atoms with Crippen LogP contribution in [0.4, 0.5) is 10.1 Å². The van der Waals surface area contributed by atoms with Crippen LogP contribution in [0.3, 0.4) is 0 Å². The molecule has 2 aliphatic rings. The first-order chi connectivity index (χ1) is 15.5. The number of hydrogen-bond donors (Lipinski definition) is 2. The molecule has 0 bridgehead atoms. The van der Waals surface area contributed by atoms with Crippen molar-refractivity contribution in [3.05, 3.63) is 47.8 Å².